The summed E-state index contributed by atoms with van der Waals surface area (Å²) in [6.45, 7) is 0. The average Bonchev–Trinajstić information content (AvgIpc) is 2.18. The van der Waals surface area contributed by atoms with Gasteiger partial charge in [0.1, 0.15) is 5.60 Å². The Balaban J connectivity index is 2.92. The summed E-state index contributed by atoms with van der Waals surface area (Å²) in [7, 11) is 1.15. The van der Waals surface area contributed by atoms with E-state index in [2.05, 4.69) is 0 Å². The maximum Gasteiger partial charge on any atom is 0.377 e. The van der Waals surface area contributed by atoms with Crippen molar-refractivity contribution in [1.29, 1.82) is 0 Å². The number of carboxylic acid groups (broad SMARTS) is 1. The molecule has 0 aromatic heterocycles. The molecule has 0 heterocycles. The zero-order valence-electron chi connectivity index (χ0n) is 8.06. The van der Waals surface area contributed by atoms with Crippen molar-refractivity contribution in [2.75, 3.05) is 7.11 Å². The van der Waals surface area contributed by atoms with E-state index >= 15 is 0 Å². The first-order valence-electron chi connectivity index (χ1n) is 4.63. The summed E-state index contributed by atoms with van der Waals surface area (Å²) in [6, 6.07) is 0. The highest BCUT2D eigenvalue weighted by atomic mass is 19.3. The van der Waals surface area contributed by atoms with E-state index in [4.69, 9.17) is 9.84 Å². The standard InChI is InChI=1S/C9H14F2O3/c1-14-8(5-3-2-4-6-8)9(10,11)7(12)13/h2-6H2,1H3,(H,12,13). The van der Waals surface area contributed by atoms with Gasteiger partial charge in [0.15, 0.2) is 0 Å². The Morgan fingerprint density at radius 3 is 2.21 bits per heavy atom. The van der Waals surface area contributed by atoms with Crippen LogP contribution in [0.5, 0.6) is 0 Å². The lowest BCUT2D eigenvalue weighted by molar-refractivity contribution is -0.224. The fraction of sp³-hybridized carbons (Fsp3) is 0.889. The fourth-order valence-electron chi connectivity index (χ4n) is 1.96. The molecular weight excluding hydrogens is 194 g/mol. The lowest BCUT2D eigenvalue weighted by Gasteiger charge is -2.39. The summed E-state index contributed by atoms with van der Waals surface area (Å²) in [5.74, 6) is -5.89. The molecule has 1 saturated carbocycles. The molecule has 1 aliphatic rings. The quantitative estimate of drug-likeness (QED) is 0.772. The third kappa shape index (κ3) is 1.61. The lowest BCUT2D eigenvalue weighted by atomic mass is 9.80. The van der Waals surface area contributed by atoms with E-state index in [1.165, 1.54) is 0 Å². The van der Waals surface area contributed by atoms with E-state index < -0.39 is 17.5 Å². The number of hydrogen-bond acceptors (Lipinski definition) is 2. The van der Waals surface area contributed by atoms with E-state index in [1.54, 1.807) is 0 Å². The predicted molar refractivity (Wildman–Crippen MR) is 45.4 cm³/mol. The molecule has 0 spiro atoms. The molecule has 0 saturated heterocycles. The largest absolute Gasteiger partial charge is 0.477 e. The van der Waals surface area contributed by atoms with Crippen molar-refractivity contribution in [3.63, 3.8) is 0 Å². The molecule has 14 heavy (non-hydrogen) atoms. The van der Waals surface area contributed by atoms with Gasteiger partial charge in [-0.05, 0) is 12.8 Å². The second kappa shape index (κ2) is 3.81. The first-order chi connectivity index (χ1) is 6.46. The van der Waals surface area contributed by atoms with Crippen molar-refractivity contribution in [3.8, 4) is 0 Å². The van der Waals surface area contributed by atoms with Crippen LogP contribution in [0.2, 0.25) is 0 Å². The SMILES string of the molecule is COC1(C(F)(F)C(=O)O)CCCCC1. The first kappa shape index (κ1) is 11.4. The maximum atomic E-state index is 13.4. The Kier molecular flexibility index (Phi) is 3.09. The summed E-state index contributed by atoms with van der Waals surface area (Å²) < 4.78 is 31.5. The van der Waals surface area contributed by atoms with E-state index in [1.807, 2.05) is 0 Å². The Morgan fingerprint density at radius 2 is 1.86 bits per heavy atom. The number of carboxylic acids is 1. The smallest absolute Gasteiger partial charge is 0.377 e. The van der Waals surface area contributed by atoms with Gasteiger partial charge in [0.05, 0.1) is 0 Å². The van der Waals surface area contributed by atoms with E-state index in [0.29, 0.717) is 12.8 Å². The Bertz CT molecular complexity index is 222. The van der Waals surface area contributed by atoms with Gasteiger partial charge >= 0.3 is 11.9 Å². The molecule has 0 unspecified atom stereocenters. The van der Waals surface area contributed by atoms with Gasteiger partial charge in [0, 0.05) is 7.11 Å². The van der Waals surface area contributed by atoms with Gasteiger partial charge in [-0.1, -0.05) is 19.3 Å². The van der Waals surface area contributed by atoms with Crippen LogP contribution in [0.1, 0.15) is 32.1 Å². The predicted octanol–water partition coefficient (Wildman–Crippen LogP) is 2.06. The molecule has 0 aromatic rings. The topological polar surface area (TPSA) is 46.5 Å². The average molecular weight is 208 g/mol. The Morgan fingerprint density at radius 1 is 1.36 bits per heavy atom. The molecule has 3 nitrogen and oxygen atoms in total. The highest BCUT2D eigenvalue weighted by Crippen LogP contribution is 2.43. The minimum Gasteiger partial charge on any atom is -0.477 e. The van der Waals surface area contributed by atoms with Crippen molar-refractivity contribution in [2.24, 2.45) is 0 Å². The van der Waals surface area contributed by atoms with Crippen LogP contribution in [-0.4, -0.2) is 29.7 Å². The number of rotatable bonds is 3. The molecule has 1 rings (SSSR count). The summed E-state index contributed by atoms with van der Waals surface area (Å²) in [6.07, 6.45) is 2.28. The molecule has 1 N–H and O–H groups in total. The third-order valence-corrected chi connectivity index (χ3v) is 2.89. The molecule has 5 heteroatoms. The van der Waals surface area contributed by atoms with Gasteiger partial charge in [0.25, 0.3) is 0 Å². The summed E-state index contributed by atoms with van der Waals surface area (Å²) in [5.41, 5.74) is -1.79. The van der Waals surface area contributed by atoms with Gasteiger partial charge in [-0.25, -0.2) is 4.79 Å². The van der Waals surface area contributed by atoms with Crippen molar-refractivity contribution in [2.45, 2.75) is 43.6 Å². The Labute approximate surface area is 81.1 Å². The molecule has 0 aromatic carbocycles. The van der Waals surface area contributed by atoms with Crippen molar-refractivity contribution < 1.29 is 23.4 Å². The molecule has 0 aliphatic heterocycles. The molecule has 0 amide bonds. The minimum absolute atomic E-state index is 0.114. The van der Waals surface area contributed by atoms with Crippen LogP contribution in [0.3, 0.4) is 0 Å². The zero-order chi connectivity index (χ0) is 10.8. The monoisotopic (exact) mass is 208 g/mol. The molecule has 1 fully saturated rings. The van der Waals surface area contributed by atoms with Crippen LogP contribution in [0.4, 0.5) is 8.78 Å². The van der Waals surface area contributed by atoms with E-state index in [9.17, 15) is 13.6 Å². The molecule has 82 valence electrons. The molecular formula is C9H14F2O3. The van der Waals surface area contributed by atoms with E-state index in [0.717, 1.165) is 13.5 Å². The van der Waals surface area contributed by atoms with Crippen LogP contribution in [0, 0.1) is 0 Å². The fourth-order valence-corrected chi connectivity index (χ4v) is 1.96. The number of aliphatic carboxylic acids is 1. The maximum absolute atomic E-state index is 13.4. The van der Waals surface area contributed by atoms with Gasteiger partial charge in [-0.3, -0.25) is 0 Å². The number of alkyl halides is 2. The zero-order valence-corrected chi connectivity index (χ0v) is 8.06. The van der Waals surface area contributed by atoms with Gasteiger partial charge < -0.3 is 9.84 Å². The van der Waals surface area contributed by atoms with Crippen LogP contribution >= 0.6 is 0 Å². The molecule has 0 bridgehead atoms. The highest BCUT2D eigenvalue weighted by Gasteiger charge is 2.60. The van der Waals surface area contributed by atoms with Crippen LogP contribution in [0.15, 0.2) is 0 Å². The summed E-state index contributed by atoms with van der Waals surface area (Å²) in [4.78, 5) is 10.5. The first-order valence-corrected chi connectivity index (χ1v) is 4.63. The van der Waals surface area contributed by atoms with Crippen LogP contribution in [0.25, 0.3) is 0 Å². The molecule has 0 atom stereocenters. The van der Waals surface area contributed by atoms with Gasteiger partial charge in [-0.15, -0.1) is 0 Å². The highest BCUT2D eigenvalue weighted by molar-refractivity contribution is 5.77. The number of hydrogen-bond donors (Lipinski definition) is 1. The van der Waals surface area contributed by atoms with Gasteiger partial charge in [0.2, 0.25) is 0 Å². The number of methoxy groups -OCH3 is 1. The normalized spacial score (nSPS) is 21.9. The number of carbonyl (C=O) groups is 1. The van der Waals surface area contributed by atoms with Crippen molar-refractivity contribution >= 4 is 5.97 Å². The number of ether oxygens (including phenoxy) is 1. The second-order valence-electron chi connectivity index (χ2n) is 3.64. The van der Waals surface area contributed by atoms with Crippen LogP contribution < -0.4 is 0 Å². The molecule has 1 aliphatic carbocycles. The minimum atomic E-state index is -3.79. The summed E-state index contributed by atoms with van der Waals surface area (Å²) >= 11 is 0. The number of halogens is 2. The van der Waals surface area contributed by atoms with Crippen molar-refractivity contribution in [3.05, 3.63) is 0 Å². The molecule has 0 radical (unpaired) electrons. The van der Waals surface area contributed by atoms with Gasteiger partial charge in [-0.2, -0.15) is 8.78 Å². The summed E-state index contributed by atoms with van der Waals surface area (Å²) in [5, 5.41) is 8.46. The van der Waals surface area contributed by atoms with Crippen molar-refractivity contribution in [1.82, 2.24) is 0 Å². The third-order valence-electron chi connectivity index (χ3n) is 2.89. The van der Waals surface area contributed by atoms with E-state index in [-0.39, 0.29) is 12.8 Å². The lowest BCUT2D eigenvalue weighted by Crippen LogP contribution is -2.55. The Hall–Kier alpha value is -0.710. The second-order valence-corrected chi connectivity index (χ2v) is 3.64. The van der Waals surface area contributed by atoms with Crippen LogP contribution in [-0.2, 0) is 9.53 Å².